The van der Waals surface area contributed by atoms with E-state index in [1.807, 2.05) is 26.4 Å². The summed E-state index contributed by atoms with van der Waals surface area (Å²) < 4.78 is 2.16. The molecule has 140 valence electrons. The summed E-state index contributed by atoms with van der Waals surface area (Å²) in [5, 5.41) is 6.97. The maximum atomic E-state index is 4.38. The van der Waals surface area contributed by atoms with E-state index in [-0.39, 0.29) is 0 Å². The summed E-state index contributed by atoms with van der Waals surface area (Å²) in [5.74, 6) is 1.93. The van der Waals surface area contributed by atoms with Gasteiger partial charge in [0, 0.05) is 39.1 Å². The number of rotatable bonds is 7. The van der Waals surface area contributed by atoms with E-state index < -0.39 is 0 Å². The van der Waals surface area contributed by atoms with Crippen LogP contribution in [0.5, 0.6) is 0 Å². The summed E-state index contributed by atoms with van der Waals surface area (Å²) in [7, 11) is 1.84. The van der Waals surface area contributed by atoms with E-state index in [0.717, 1.165) is 31.4 Å². The number of benzene rings is 1. The summed E-state index contributed by atoms with van der Waals surface area (Å²) in [6, 6.07) is 8.69. The van der Waals surface area contributed by atoms with Crippen LogP contribution >= 0.6 is 0 Å². The largest absolute Gasteiger partial charge is 0.356 e. The van der Waals surface area contributed by atoms with Gasteiger partial charge in [-0.3, -0.25) is 4.99 Å². The van der Waals surface area contributed by atoms with Gasteiger partial charge in [0.05, 0.1) is 0 Å². The Balaban J connectivity index is 1.53. The van der Waals surface area contributed by atoms with Crippen LogP contribution in [0.4, 0.5) is 0 Å². The molecule has 5 heteroatoms. The van der Waals surface area contributed by atoms with Crippen LogP contribution in [0.2, 0.25) is 0 Å². The van der Waals surface area contributed by atoms with Crippen LogP contribution < -0.4 is 10.6 Å². The molecule has 3 rings (SSSR count). The van der Waals surface area contributed by atoms with Crippen molar-refractivity contribution in [1.82, 2.24) is 20.2 Å². The van der Waals surface area contributed by atoms with Gasteiger partial charge in [0.15, 0.2) is 5.96 Å². The van der Waals surface area contributed by atoms with Gasteiger partial charge < -0.3 is 15.2 Å². The standard InChI is InChI=1S/C21H31N5/c1-4-21(9-6-10-21)16-25-20(22-3)24-14-18-7-5-8-19(13-18)15-26-12-11-23-17(26)2/h5,7-8,11-13H,4,6,9-10,14-16H2,1-3H3,(H2,22,24,25). The van der Waals surface area contributed by atoms with E-state index in [0.29, 0.717) is 5.41 Å². The van der Waals surface area contributed by atoms with Crippen LogP contribution in [0, 0.1) is 12.3 Å². The van der Waals surface area contributed by atoms with Crippen molar-refractivity contribution in [2.75, 3.05) is 13.6 Å². The first kappa shape index (κ1) is 18.5. The second-order valence-corrected chi connectivity index (χ2v) is 7.41. The van der Waals surface area contributed by atoms with Gasteiger partial charge in [-0.05, 0) is 42.7 Å². The number of aryl methyl sites for hydroxylation is 1. The van der Waals surface area contributed by atoms with Crippen molar-refractivity contribution in [2.24, 2.45) is 10.4 Å². The molecular formula is C21H31N5. The Morgan fingerprint density at radius 1 is 1.27 bits per heavy atom. The number of hydrogen-bond acceptors (Lipinski definition) is 2. The highest BCUT2D eigenvalue weighted by molar-refractivity contribution is 5.79. The van der Waals surface area contributed by atoms with Gasteiger partial charge in [-0.25, -0.2) is 4.98 Å². The zero-order valence-corrected chi connectivity index (χ0v) is 16.3. The van der Waals surface area contributed by atoms with Crippen LogP contribution in [0.1, 0.15) is 49.6 Å². The molecule has 1 aromatic heterocycles. The Kier molecular flexibility index (Phi) is 5.96. The minimum atomic E-state index is 0.486. The smallest absolute Gasteiger partial charge is 0.191 e. The number of aromatic nitrogens is 2. The van der Waals surface area contributed by atoms with E-state index in [1.54, 1.807) is 0 Å². The number of guanidine groups is 1. The van der Waals surface area contributed by atoms with Crippen LogP contribution in [0.15, 0.2) is 41.7 Å². The van der Waals surface area contributed by atoms with E-state index in [1.165, 1.54) is 36.8 Å². The Labute approximate surface area is 156 Å². The van der Waals surface area contributed by atoms with Crippen molar-refractivity contribution in [3.63, 3.8) is 0 Å². The first-order valence-electron chi connectivity index (χ1n) is 9.64. The van der Waals surface area contributed by atoms with E-state index >= 15 is 0 Å². The summed E-state index contributed by atoms with van der Waals surface area (Å²) in [4.78, 5) is 8.67. The third-order valence-corrected chi connectivity index (χ3v) is 5.75. The predicted molar refractivity (Wildman–Crippen MR) is 107 cm³/mol. The normalized spacial score (nSPS) is 16.2. The molecule has 0 bridgehead atoms. The molecule has 0 aliphatic heterocycles. The fourth-order valence-electron chi connectivity index (χ4n) is 3.62. The lowest BCUT2D eigenvalue weighted by Gasteiger charge is -2.41. The number of imidazole rings is 1. The molecule has 1 saturated carbocycles. The molecule has 0 unspecified atom stereocenters. The second kappa shape index (κ2) is 8.39. The zero-order chi connectivity index (χ0) is 18.4. The van der Waals surface area contributed by atoms with Gasteiger partial charge in [0.1, 0.15) is 5.82 Å². The number of nitrogens with one attached hydrogen (secondary N) is 2. The third-order valence-electron chi connectivity index (χ3n) is 5.75. The molecule has 0 atom stereocenters. The van der Waals surface area contributed by atoms with Crippen molar-refractivity contribution < 1.29 is 0 Å². The van der Waals surface area contributed by atoms with Crippen LogP contribution in [-0.2, 0) is 13.1 Å². The first-order valence-corrected chi connectivity index (χ1v) is 9.64. The van der Waals surface area contributed by atoms with E-state index in [2.05, 4.69) is 56.4 Å². The SMILES string of the molecule is CCC1(CNC(=NC)NCc2cccc(Cn3ccnc3C)c2)CCC1. The third kappa shape index (κ3) is 4.45. The zero-order valence-electron chi connectivity index (χ0n) is 16.3. The average molecular weight is 354 g/mol. The molecule has 0 saturated heterocycles. The maximum Gasteiger partial charge on any atom is 0.191 e. The maximum absolute atomic E-state index is 4.38. The molecule has 26 heavy (non-hydrogen) atoms. The molecule has 0 spiro atoms. The highest BCUT2D eigenvalue weighted by Crippen LogP contribution is 2.42. The summed E-state index contributed by atoms with van der Waals surface area (Å²) >= 11 is 0. The van der Waals surface area contributed by atoms with Gasteiger partial charge in [-0.1, -0.05) is 37.6 Å². The van der Waals surface area contributed by atoms with Crippen molar-refractivity contribution in [3.8, 4) is 0 Å². The number of hydrogen-bond donors (Lipinski definition) is 2. The second-order valence-electron chi connectivity index (χ2n) is 7.41. The molecule has 0 radical (unpaired) electrons. The molecule has 1 aliphatic rings. The summed E-state index contributed by atoms with van der Waals surface area (Å²) in [6.45, 7) is 6.97. The number of nitrogens with zero attached hydrogens (tertiary/aromatic N) is 3. The van der Waals surface area contributed by atoms with E-state index in [9.17, 15) is 0 Å². The lowest BCUT2D eigenvalue weighted by Crippen LogP contribution is -2.46. The van der Waals surface area contributed by atoms with Gasteiger partial charge in [-0.2, -0.15) is 0 Å². The van der Waals surface area contributed by atoms with Crippen molar-refractivity contribution in [2.45, 2.75) is 52.6 Å². The minimum absolute atomic E-state index is 0.486. The molecule has 0 amide bonds. The highest BCUT2D eigenvalue weighted by Gasteiger charge is 2.34. The Bertz CT molecular complexity index is 737. The lowest BCUT2D eigenvalue weighted by atomic mass is 9.67. The van der Waals surface area contributed by atoms with Crippen molar-refractivity contribution in [3.05, 3.63) is 53.6 Å². The monoisotopic (exact) mass is 353 g/mol. The number of aliphatic imine (C=N–C) groups is 1. The molecule has 2 N–H and O–H groups in total. The van der Waals surface area contributed by atoms with Crippen LogP contribution in [-0.4, -0.2) is 29.1 Å². The summed E-state index contributed by atoms with van der Waals surface area (Å²) in [5.41, 5.74) is 3.03. The molecule has 1 fully saturated rings. The van der Waals surface area contributed by atoms with Gasteiger partial charge in [0.2, 0.25) is 0 Å². The molecule has 1 aliphatic carbocycles. The topological polar surface area (TPSA) is 54.2 Å². The molecular weight excluding hydrogens is 322 g/mol. The predicted octanol–water partition coefficient (Wildman–Crippen LogP) is 3.49. The Morgan fingerprint density at radius 3 is 2.69 bits per heavy atom. The molecule has 1 aromatic carbocycles. The van der Waals surface area contributed by atoms with Gasteiger partial charge >= 0.3 is 0 Å². The quantitative estimate of drug-likeness (QED) is 0.592. The van der Waals surface area contributed by atoms with Crippen molar-refractivity contribution >= 4 is 5.96 Å². The average Bonchev–Trinajstić information content (AvgIpc) is 3.02. The van der Waals surface area contributed by atoms with E-state index in [4.69, 9.17) is 0 Å². The highest BCUT2D eigenvalue weighted by atomic mass is 15.2. The van der Waals surface area contributed by atoms with Gasteiger partial charge in [-0.15, -0.1) is 0 Å². The lowest BCUT2D eigenvalue weighted by molar-refractivity contribution is 0.131. The molecule has 1 heterocycles. The first-order chi connectivity index (χ1) is 12.6. The Hall–Kier alpha value is -2.30. The Morgan fingerprint density at radius 2 is 2.08 bits per heavy atom. The molecule has 5 nitrogen and oxygen atoms in total. The fourth-order valence-corrected chi connectivity index (χ4v) is 3.62. The van der Waals surface area contributed by atoms with Crippen LogP contribution in [0.3, 0.4) is 0 Å². The van der Waals surface area contributed by atoms with Crippen molar-refractivity contribution in [1.29, 1.82) is 0 Å². The summed E-state index contributed by atoms with van der Waals surface area (Å²) in [6.07, 6.45) is 9.15. The molecule has 2 aromatic rings. The van der Waals surface area contributed by atoms with Gasteiger partial charge in [0.25, 0.3) is 0 Å². The van der Waals surface area contributed by atoms with Crippen LogP contribution in [0.25, 0.3) is 0 Å². The minimum Gasteiger partial charge on any atom is -0.356 e. The fraction of sp³-hybridized carbons (Fsp3) is 0.524.